The number of rotatable bonds is 2. The number of hydrogen-bond donors (Lipinski definition) is 0. The molecule has 0 aromatic carbocycles. The Labute approximate surface area is 94.9 Å². The molecule has 0 bridgehead atoms. The fraction of sp³-hybridized carbons (Fsp3) is 0.583. The van der Waals surface area contributed by atoms with Gasteiger partial charge in [-0.05, 0) is 36.8 Å². The molecule has 82 valence electrons. The monoisotopic (exact) mass is 223 g/mol. The average Bonchev–Trinajstić information content (AvgIpc) is 2.67. The minimum absolute atomic E-state index is 0.277. The number of fused-ring (bicyclic) bond motifs is 1. The summed E-state index contributed by atoms with van der Waals surface area (Å²) in [5, 5.41) is 2.13. The normalized spacial score (nSPS) is 20.1. The van der Waals surface area contributed by atoms with Gasteiger partial charge in [0.25, 0.3) is 0 Å². The van der Waals surface area contributed by atoms with Gasteiger partial charge in [0.15, 0.2) is 0 Å². The van der Waals surface area contributed by atoms with E-state index in [2.05, 4.69) is 25.3 Å². The molecule has 0 fully saturated rings. The Balaban J connectivity index is 2.16. The van der Waals surface area contributed by atoms with Crippen LogP contribution in [0.2, 0.25) is 0 Å². The molecule has 1 aromatic rings. The van der Waals surface area contributed by atoms with Gasteiger partial charge in [-0.25, -0.2) is 0 Å². The summed E-state index contributed by atoms with van der Waals surface area (Å²) in [6.07, 6.45) is 2.66. The Morgan fingerprint density at radius 3 is 3.20 bits per heavy atom. The Bertz CT molecular complexity index is 358. The SMILES string of the molecule is CCCC(=O)N1CCc2sccc2C1C. The summed E-state index contributed by atoms with van der Waals surface area (Å²) in [7, 11) is 0. The molecule has 1 aliphatic rings. The number of nitrogens with zero attached hydrogens (tertiary/aromatic N) is 1. The summed E-state index contributed by atoms with van der Waals surface area (Å²) in [5.74, 6) is 0.307. The highest BCUT2D eigenvalue weighted by atomic mass is 32.1. The summed E-state index contributed by atoms with van der Waals surface area (Å²) in [4.78, 5) is 15.4. The van der Waals surface area contributed by atoms with Crippen LogP contribution in [0, 0.1) is 0 Å². The van der Waals surface area contributed by atoms with E-state index in [9.17, 15) is 4.79 Å². The van der Waals surface area contributed by atoms with E-state index in [1.54, 1.807) is 0 Å². The first-order valence-corrected chi connectivity index (χ1v) is 6.47. The maximum absolute atomic E-state index is 11.9. The Hall–Kier alpha value is -0.830. The number of hydrogen-bond acceptors (Lipinski definition) is 2. The zero-order valence-electron chi connectivity index (χ0n) is 9.32. The van der Waals surface area contributed by atoms with Crippen molar-refractivity contribution in [3.05, 3.63) is 21.9 Å². The molecule has 0 spiro atoms. The van der Waals surface area contributed by atoms with Gasteiger partial charge < -0.3 is 4.90 Å². The molecule has 2 nitrogen and oxygen atoms in total. The van der Waals surface area contributed by atoms with Crippen molar-refractivity contribution in [3.8, 4) is 0 Å². The first-order chi connectivity index (χ1) is 7.24. The summed E-state index contributed by atoms with van der Waals surface area (Å²) in [5.41, 5.74) is 1.36. The third-order valence-electron chi connectivity index (χ3n) is 3.06. The van der Waals surface area contributed by atoms with Crippen molar-refractivity contribution < 1.29 is 4.79 Å². The topological polar surface area (TPSA) is 20.3 Å². The van der Waals surface area contributed by atoms with Crippen LogP contribution in [0.5, 0.6) is 0 Å². The van der Waals surface area contributed by atoms with E-state index in [1.807, 2.05) is 16.2 Å². The van der Waals surface area contributed by atoms with E-state index < -0.39 is 0 Å². The van der Waals surface area contributed by atoms with E-state index in [-0.39, 0.29) is 6.04 Å². The number of carbonyl (C=O) groups excluding carboxylic acids is 1. The van der Waals surface area contributed by atoms with E-state index in [0.29, 0.717) is 12.3 Å². The first kappa shape index (κ1) is 10.7. The van der Waals surface area contributed by atoms with Crippen molar-refractivity contribution in [3.63, 3.8) is 0 Å². The Kier molecular flexibility index (Phi) is 3.10. The van der Waals surface area contributed by atoms with Crippen molar-refractivity contribution >= 4 is 17.2 Å². The number of amides is 1. The Morgan fingerprint density at radius 1 is 1.67 bits per heavy atom. The molecule has 1 atom stereocenters. The smallest absolute Gasteiger partial charge is 0.223 e. The molecule has 0 aliphatic carbocycles. The fourth-order valence-electron chi connectivity index (χ4n) is 2.21. The molecule has 1 aromatic heterocycles. The first-order valence-electron chi connectivity index (χ1n) is 5.59. The van der Waals surface area contributed by atoms with Crippen LogP contribution in [0.1, 0.15) is 43.2 Å². The quantitative estimate of drug-likeness (QED) is 0.754. The minimum atomic E-state index is 0.277. The van der Waals surface area contributed by atoms with E-state index in [0.717, 1.165) is 19.4 Å². The molecule has 15 heavy (non-hydrogen) atoms. The molecular weight excluding hydrogens is 206 g/mol. The molecule has 1 aliphatic heterocycles. The zero-order chi connectivity index (χ0) is 10.8. The molecule has 1 unspecified atom stereocenters. The highest BCUT2D eigenvalue weighted by Gasteiger charge is 2.27. The molecule has 2 rings (SSSR count). The third-order valence-corrected chi connectivity index (χ3v) is 4.06. The summed E-state index contributed by atoms with van der Waals surface area (Å²) >= 11 is 1.82. The third kappa shape index (κ3) is 1.93. The van der Waals surface area contributed by atoms with E-state index in [4.69, 9.17) is 0 Å². The molecule has 3 heteroatoms. The molecule has 1 amide bonds. The van der Waals surface area contributed by atoms with E-state index >= 15 is 0 Å². The van der Waals surface area contributed by atoms with Gasteiger partial charge in [-0.15, -0.1) is 11.3 Å². The van der Waals surface area contributed by atoms with Crippen LogP contribution < -0.4 is 0 Å². The van der Waals surface area contributed by atoms with Gasteiger partial charge in [0.2, 0.25) is 5.91 Å². The zero-order valence-corrected chi connectivity index (χ0v) is 10.1. The van der Waals surface area contributed by atoms with Crippen molar-refractivity contribution in [2.75, 3.05) is 6.54 Å². The second-order valence-corrected chi connectivity index (χ2v) is 5.06. The van der Waals surface area contributed by atoms with Gasteiger partial charge in [0.1, 0.15) is 0 Å². The van der Waals surface area contributed by atoms with Crippen LogP contribution in [0.4, 0.5) is 0 Å². The van der Waals surface area contributed by atoms with Crippen LogP contribution in [0.3, 0.4) is 0 Å². The molecule has 0 saturated carbocycles. The van der Waals surface area contributed by atoms with Gasteiger partial charge in [0.05, 0.1) is 6.04 Å². The summed E-state index contributed by atoms with van der Waals surface area (Å²) < 4.78 is 0. The second kappa shape index (κ2) is 4.35. The van der Waals surface area contributed by atoms with Gasteiger partial charge in [-0.1, -0.05) is 6.92 Å². The molecular formula is C12H17NOS. The highest BCUT2D eigenvalue weighted by molar-refractivity contribution is 7.10. The van der Waals surface area contributed by atoms with E-state index in [1.165, 1.54) is 10.4 Å². The lowest BCUT2D eigenvalue weighted by atomic mass is 10.0. The molecule has 2 heterocycles. The number of carbonyl (C=O) groups is 1. The van der Waals surface area contributed by atoms with Crippen LogP contribution >= 0.6 is 11.3 Å². The number of thiophene rings is 1. The van der Waals surface area contributed by atoms with Gasteiger partial charge in [-0.3, -0.25) is 4.79 Å². The maximum atomic E-state index is 11.9. The van der Waals surface area contributed by atoms with Crippen molar-refractivity contribution in [1.29, 1.82) is 0 Å². The van der Waals surface area contributed by atoms with Crippen molar-refractivity contribution in [1.82, 2.24) is 4.90 Å². The van der Waals surface area contributed by atoms with Crippen molar-refractivity contribution in [2.45, 2.75) is 39.2 Å². The molecule has 0 radical (unpaired) electrons. The van der Waals surface area contributed by atoms with Gasteiger partial charge >= 0.3 is 0 Å². The fourth-order valence-corrected chi connectivity index (χ4v) is 3.17. The van der Waals surface area contributed by atoms with Crippen LogP contribution in [-0.2, 0) is 11.2 Å². The second-order valence-electron chi connectivity index (χ2n) is 4.06. The predicted octanol–water partition coefficient (Wildman–Crippen LogP) is 2.99. The standard InChI is InChI=1S/C12H17NOS/c1-3-4-12(14)13-7-5-11-10(9(13)2)6-8-15-11/h6,8-9H,3-5,7H2,1-2H3. The largest absolute Gasteiger partial charge is 0.336 e. The summed E-state index contributed by atoms with van der Waals surface area (Å²) in [6, 6.07) is 2.44. The molecule has 0 saturated heterocycles. The predicted molar refractivity (Wildman–Crippen MR) is 63.1 cm³/mol. The highest BCUT2D eigenvalue weighted by Crippen LogP contribution is 2.33. The van der Waals surface area contributed by atoms with Gasteiger partial charge in [-0.2, -0.15) is 0 Å². The maximum Gasteiger partial charge on any atom is 0.223 e. The lowest BCUT2D eigenvalue weighted by Crippen LogP contribution is -2.38. The Morgan fingerprint density at radius 2 is 2.47 bits per heavy atom. The lowest BCUT2D eigenvalue weighted by molar-refractivity contribution is -0.133. The van der Waals surface area contributed by atoms with Crippen LogP contribution in [-0.4, -0.2) is 17.4 Å². The van der Waals surface area contributed by atoms with Crippen molar-refractivity contribution in [2.24, 2.45) is 0 Å². The summed E-state index contributed by atoms with van der Waals surface area (Å²) in [6.45, 7) is 5.09. The molecule has 0 N–H and O–H groups in total. The van der Waals surface area contributed by atoms with Gasteiger partial charge in [0, 0.05) is 17.8 Å². The average molecular weight is 223 g/mol. The lowest BCUT2D eigenvalue weighted by Gasteiger charge is -2.33. The van der Waals surface area contributed by atoms with Crippen LogP contribution in [0.25, 0.3) is 0 Å². The van der Waals surface area contributed by atoms with Crippen LogP contribution in [0.15, 0.2) is 11.4 Å². The minimum Gasteiger partial charge on any atom is -0.336 e.